The van der Waals surface area contributed by atoms with Gasteiger partial charge in [-0.05, 0) is 50.3 Å². The number of carbonyl (C=O) groups is 2. The zero-order valence-corrected chi connectivity index (χ0v) is 13.4. The van der Waals surface area contributed by atoms with Crippen molar-refractivity contribution < 1.29 is 9.59 Å². The maximum absolute atomic E-state index is 12.4. The van der Waals surface area contributed by atoms with Crippen LogP contribution in [-0.4, -0.2) is 60.2 Å². The quantitative estimate of drug-likeness (QED) is 0.856. The summed E-state index contributed by atoms with van der Waals surface area (Å²) in [4.78, 5) is 31.1. The summed E-state index contributed by atoms with van der Waals surface area (Å²) in [5.74, 6) is 0.218. The molecule has 0 radical (unpaired) electrons. The summed E-state index contributed by atoms with van der Waals surface area (Å²) >= 11 is 0. The average molecular weight is 303 g/mol. The monoisotopic (exact) mass is 303 g/mol. The maximum Gasteiger partial charge on any atom is 0.222 e. The van der Waals surface area contributed by atoms with Crippen LogP contribution in [0.15, 0.2) is 0 Å². The molecule has 120 valence electrons. The minimum Gasteiger partial charge on any atom is -0.356 e. The van der Waals surface area contributed by atoms with E-state index in [1.807, 2.05) is 4.90 Å². The van der Waals surface area contributed by atoms with E-state index in [4.69, 9.17) is 0 Å². The van der Waals surface area contributed by atoms with E-state index in [9.17, 15) is 9.59 Å². The molecule has 0 atom stereocenters. The Labute approximate surface area is 131 Å². The molecule has 1 aromatic heterocycles. The Morgan fingerprint density at radius 1 is 1.18 bits per heavy atom. The molecule has 5 heteroatoms. The second-order valence-corrected chi connectivity index (χ2v) is 6.48. The predicted octanol–water partition coefficient (Wildman–Crippen LogP) is 1.41. The number of aldehydes is 1. The highest BCUT2D eigenvalue weighted by Gasteiger charge is 2.22. The third-order valence-corrected chi connectivity index (χ3v) is 5.01. The van der Waals surface area contributed by atoms with Crippen LogP contribution in [0.3, 0.4) is 0 Å². The van der Waals surface area contributed by atoms with Gasteiger partial charge in [0, 0.05) is 38.3 Å². The van der Waals surface area contributed by atoms with Crippen molar-refractivity contribution in [2.45, 2.75) is 38.5 Å². The molecule has 0 unspecified atom stereocenters. The standard InChI is InChI=1S/C17H25N3O2/c1-19-8-10-20(11-9-19)17(22)7-6-14-13-4-2-3-5-15(13)18-16(14)12-21/h12,18H,2-11H2,1H3. The number of carbonyl (C=O) groups excluding carboxylic acids is 2. The minimum absolute atomic E-state index is 0.218. The molecular weight excluding hydrogens is 278 g/mol. The lowest BCUT2D eigenvalue weighted by atomic mass is 9.92. The van der Waals surface area contributed by atoms with Gasteiger partial charge in [0.1, 0.15) is 0 Å². The van der Waals surface area contributed by atoms with Crippen molar-refractivity contribution in [3.63, 3.8) is 0 Å². The van der Waals surface area contributed by atoms with E-state index in [-0.39, 0.29) is 5.91 Å². The summed E-state index contributed by atoms with van der Waals surface area (Å²) in [5, 5.41) is 0. The van der Waals surface area contributed by atoms with Gasteiger partial charge in [0.2, 0.25) is 5.91 Å². The molecule has 1 fully saturated rings. The van der Waals surface area contributed by atoms with Gasteiger partial charge in [-0.1, -0.05) is 0 Å². The van der Waals surface area contributed by atoms with Crippen LogP contribution in [0.5, 0.6) is 0 Å². The fraction of sp³-hybridized carbons (Fsp3) is 0.647. The Morgan fingerprint density at radius 3 is 2.64 bits per heavy atom. The van der Waals surface area contributed by atoms with Crippen molar-refractivity contribution in [1.82, 2.24) is 14.8 Å². The van der Waals surface area contributed by atoms with Gasteiger partial charge >= 0.3 is 0 Å². The molecule has 1 saturated heterocycles. The molecule has 2 heterocycles. The van der Waals surface area contributed by atoms with Gasteiger partial charge in [0.15, 0.2) is 6.29 Å². The molecule has 1 aliphatic carbocycles. The third kappa shape index (κ3) is 3.09. The van der Waals surface area contributed by atoms with Gasteiger partial charge in [-0.3, -0.25) is 9.59 Å². The summed E-state index contributed by atoms with van der Waals surface area (Å²) in [6.45, 7) is 3.54. The van der Waals surface area contributed by atoms with Crippen LogP contribution < -0.4 is 0 Å². The molecule has 0 bridgehead atoms. The van der Waals surface area contributed by atoms with Crippen LogP contribution in [-0.2, 0) is 24.1 Å². The summed E-state index contributed by atoms with van der Waals surface area (Å²) in [5.41, 5.74) is 4.31. The van der Waals surface area contributed by atoms with Gasteiger partial charge in [0.05, 0.1) is 5.69 Å². The number of hydrogen-bond donors (Lipinski definition) is 1. The zero-order valence-electron chi connectivity index (χ0n) is 13.4. The number of rotatable bonds is 4. The molecule has 0 saturated carbocycles. The number of nitrogens with one attached hydrogen (secondary N) is 1. The van der Waals surface area contributed by atoms with Crippen molar-refractivity contribution in [3.05, 3.63) is 22.5 Å². The van der Waals surface area contributed by atoms with E-state index in [0.29, 0.717) is 18.5 Å². The summed E-state index contributed by atoms with van der Waals surface area (Å²) < 4.78 is 0. The second-order valence-electron chi connectivity index (χ2n) is 6.48. The van der Waals surface area contributed by atoms with Crippen LogP contribution >= 0.6 is 0 Å². The Balaban J connectivity index is 1.65. The van der Waals surface area contributed by atoms with Gasteiger partial charge < -0.3 is 14.8 Å². The molecule has 5 nitrogen and oxygen atoms in total. The van der Waals surface area contributed by atoms with Gasteiger partial charge in [0.25, 0.3) is 0 Å². The number of aryl methyl sites for hydroxylation is 1. The summed E-state index contributed by atoms with van der Waals surface area (Å²) in [7, 11) is 2.09. The first kappa shape index (κ1) is 15.3. The number of likely N-dealkylation sites (N-methyl/N-ethyl adjacent to an activating group) is 1. The van der Waals surface area contributed by atoms with Crippen LogP contribution in [0.25, 0.3) is 0 Å². The highest BCUT2D eigenvalue weighted by Crippen LogP contribution is 2.27. The molecule has 2 aliphatic rings. The fourth-order valence-electron chi connectivity index (χ4n) is 3.61. The fourth-order valence-corrected chi connectivity index (χ4v) is 3.61. The predicted molar refractivity (Wildman–Crippen MR) is 85.2 cm³/mol. The maximum atomic E-state index is 12.4. The number of aromatic nitrogens is 1. The Hall–Kier alpha value is -1.62. The molecule has 1 amide bonds. The second kappa shape index (κ2) is 6.65. The lowest BCUT2D eigenvalue weighted by molar-refractivity contribution is -0.132. The first-order valence-corrected chi connectivity index (χ1v) is 8.33. The molecule has 1 aromatic rings. The summed E-state index contributed by atoms with van der Waals surface area (Å²) in [6, 6.07) is 0. The van der Waals surface area contributed by atoms with E-state index >= 15 is 0 Å². The first-order valence-electron chi connectivity index (χ1n) is 8.33. The van der Waals surface area contributed by atoms with Crippen molar-refractivity contribution in [3.8, 4) is 0 Å². The van der Waals surface area contributed by atoms with Gasteiger partial charge in [-0.15, -0.1) is 0 Å². The number of piperazine rings is 1. The lowest BCUT2D eigenvalue weighted by Gasteiger charge is -2.32. The van der Waals surface area contributed by atoms with E-state index in [1.165, 1.54) is 24.1 Å². The first-order chi connectivity index (χ1) is 10.7. The van der Waals surface area contributed by atoms with Crippen LogP contribution in [0.1, 0.15) is 46.6 Å². The Bertz CT molecular complexity index is 556. The van der Waals surface area contributed by atoms with E-state index in [0.717, 1.165) is 50.9 Å². The van der Waals surface area contributed by atoms with Crippen molar-refractivity contribution in [1.29, 1.82) is 0 Å². The number of aromatic amines is 1. The van der Waals surface area contributed by atoms with Crippen LogP contribution in [0.2, 0.25) is 0 Å². The Kier molecular flexibility index (Phi) is 4.62. The van der Waals surface area contributed by atoms with Crippen molar-refractivity contribution in [2.24, 2.45) is 0 Å². The normalized spacial score (nSPS) is 19.0. The summed E-state index contributed by atoms with van der Waals surface area (Å²) in [6.07, 6.45) is 6.54. The molecule has 0 aromatic carbocycles. The van der Waals surface area contributed by atoms with Crippen molar-refractivity contribution in [2.75, 3.05) is 33.2 Å². The van der Waals surface area contributed by atoms with Crippen molar-refractivity contribution >= 4 is 12.2 Å². The highest BCUT2D eigenvalue weighted by atomic mass is 16.2. The van der Waals surface area contributed by atoms with E-state index in [2.05, 4.69) is 16.9 Å². The molecule has 0 spiro atoms. The molecule has 1 aliphatic heterocycles. The van der Waals surface area contributed by atoms with Crippen LogP contribution in [0.4, 0.5) is 0 Å². The largest absolute Gasteiger partial charge is 0.356 e. The number of nitrogens with zero attached hydrogens (tertiary/aromatic N) is 2. The molecule has 3 rings (SSSR count). The number of fused-ring (bicyclic) bond motifs is 1. The number of amides is 1. The molecular formula is C17H25N3O2. The number of hydrogen-bond acceptors (Lipinski definition) is 3. The van der Waals surface area contributed by atoms with Gasteiger partial charge in [-0.2, -0.15) is 0 Å². The molecule has 1 N–H and O–H groups in total. The highest BCUT2D eigenvalue weighted by molar-refractivity contribution is 5.79. The lowest BCUT2D eigenvalue weighted by Crippen LogP contribution is -2.47. The minimum atomic E-state index is 0.218. The third-order valence-electron chi connectivity index (χ3n) is 5.01. The van der Waals surface area contributed by atoms with E-state index < -0.39 is 0 Å². The van der Waals surface area contributed by atoms with E-state index in [1.54, 1.807) is 0 Å². The smallest absolute Gasteiger partial charge is 0.222 e. The SMILES string of the molecule is CN1CCN(C(=O)CCc2c(C=O)[nH]c3c2CCCC3)CC1. The topological polar surface area (TPSA) is 56.4 Å². The molecule has 22 heavy (non-hydrogen) atoms. The number of H-pyrrole nitrogens is 1. The Morgan fingerprint density at radius 2 is 1.91 bits per heavy atom. The van der Waals surface area contributed by atoms with Gasteiger partial charge in [-0.25, -0.2) is 0 Å². The average Bonchev–Trinajstić information content (AvgIpc) is 2.91. The van der Waals surface area contributed by atoms with Crippen LogP contribution in [0, 0.1) is 0 Å². The zero-order chi connectivity index (χ0) is 15.5.